The monoisotopic (exact) mass is 311 g/mol. The molecule has 0 unspecified atom stereocenters. The van der Waals surface area contributed by atoms with Gasteiger partial charge in [0.25, 0.3) is 11.6 Å². The summed E-state index contributed by atoms with van der Waals surface area (Å²) in [5.41, 5.74) is -0.493. The van der Waals surface area contributed by atoms with E-state index < -0.39 is 10.8 Å². The highest BCUT2D eigenvalue weighted by Crippen LogP contribution is 2.22. The first kappa shape index (κ1) is 15.2. The van der Waals surface area contributed by atoms with Gasteiger partial charge in [0, 0.05) is 24.2 Å². The number of carbonyl (C=O) groups is 2. The van der Waals surface area contributed by atoms with Crippen LogP contribution in [-0.2, 0) is 4.79 Å². The van der Waals surface area contributed by atoms with Gasteiger partial charge in [0.15, 0.2) is 0 Å². The molecule has 7 nitrogen and oxygen atoms in total. The van der Waals surface area contributed by atoms with E-state index >= 15 is 0 Å². The van der Waals surface area contributed by atoms with Gasteiger partial charge in [-0.1, -0.05) is 11.6 Å². The van der Waals surface area contributed by atoms with Crippen molar-refractivity contribution in [2.45, 2.75) is 12.8 Å². The predicted octanol–water partition coefficient (Wildman–Crippen LogP) is 1.60. The number of likely N-dealkylation sites (tertiary alicyclic amines) is 1. The number of amides is 2. The number of nitrogens with one attached hydrogen (secondary N) is 1. The van der Waals surface area contributed by atoms with Crippen LogP contribution in [0, 0.1) is 10.1 Å². The highest BCUT2D eigenvalue weighted by molar-refractivity contribution is 6.31. The van der Waals surface area contributed by atoms with Crippen molar-refractivity contribution in [3.63, 3.8) is 0 Å². The molecule has 1 aliphatic heterocycles. The van der Waals surface area contributed by atoms with E-state index in [9.17, 15) is 19.7 Å². The molecule has 1 heterocycles. The third kappa shape index (κ3) is 3.69. The van der Waals surface area contributed by atoms with Gasteiger partial charge < -0.3 is 10.2 Å². The first-order chi connectivity index (χ1) is 9.99. The average molecular weight is 312 g/mol. The van der Waals surface area contributed by atoms with Crippen LogP contribution in [0.5, 0.6) is 0 Å². The SMILES string of the molecule is O=C(NCC(=O)N1CCCC1)c1cc(Cl)ccc1[N+](=O)[O-]. The van der Waals surface area contributed by atoms with E-state index in [-0.39, 0.29) is 28.7 Å². The average Bonchev–Trinajstić information content (AvgIpc) is 2.98. The summed E-state index contributed by atoms with van der Waals surface area (Å²) < 4.78 is 0. The number of rotatable bonds is 4. The van der Waals surface area contributed by atoms with Gasteiger partial charge in [-0.3, -0.25) is 19.7 Å². The molecule has 1 fully saturated rings. The molecule has 0 radical (unpaired) electrons. The molecule has 8 heteroatoms. The fraction of sp³-hybridized carbons (Fsp3) is 0.385. The van der Waals surface area contributed by atoms with Crippen molar-refractivity contribution >= 4 is 29.1 Å². The third-order valence-electron chi connectivity index (χ3n) is 3.26. The van der Waals surface area contributed by atoms with E-state index in [1.807, 2.05) is 0 Å². The largest absolute Gasteiger partial charge is 0.343 e. The minimum Gasteiger partial charge on any atom is -0.343 e. The molecule has 1 aliphatic rings. The molecule has 112 valence electrons. The number of carbonyl (C=O) groups excluding carboxylic acids is 2. The van der Waals surface area contributed by atoms with Gasteiger partial charge in [-0.15, -0.1) is 0 Å². The van der Waals surface area contributed by atoms with Crippen molar-refractivity contribution in [2.24, 2.45) is 0 Å². The lowest BCUT2D eigenvalue weighted by atomic mass is 10.1. The molecule has 2 rings (SSSR count). The maximum atomic E-state index is 12.0. The van der Waals surface area contributed by atoms with Gasteiger partial charge in [0.2, 0.25) is 5.91 Å². The first-order valence-corrected chi connectivity index (χ1v) is 6.87. The number of hydrogen-bond acceptors (Lipinski definition) is 4. The Labute approximate surface area is 126 Å². The van der Waals surface area contributed by atoms with Gasteiger partial charge in [0.05, 0.1) is 11.5 Å². The summed E-state index contributed by atoms with van der Waals surface area (Å²) in [6, 6.07) is 3.72. The molecule has 2 amide bonds. The van der Waals surface area contributed by atoms with Crippen LogP contribution in [0.3, 0.4) is 0 Å². The van der Waals surface area contributed by atoms with Gasteiger partial charge >= 0.3 is 0 Å². The molecule has 1 N–H and O–H groups in total. The lowest BCUT2D eigenvalue weighted by molar-refractivity contribution is -0.385. The van der Waals surface area contributed by atoms with Crippen molar-refractivity contribution in [1.82, 2.24) is 10.2 Å². The van der Waals surface area contributed by atoms with E-state index in [4.69, 9.17) is 11.6 Å². The predicted molar refractivity (Wildman–Crippen MR) is 76.3 cm³/mol. The first-order valence-electron chi connectivity index (χ1n) is 6.49. The highest BCUT2D eigenvalue weighted by Gasteiger charge is 2.22. The second kappa shape index (κ2) is 6.53. The Balaban J connectivity index is 2.04. The summed E-state index contributed by atoms with van der Waals surface area (Å²) in [6.07, 6.45) is 1.92. The minimum absolute atomic E-state index is 0.151. The number of halogens is 1. The van der Waals surface area contributed by atoms with Gasteiger partial charge in [0.1, 0.15) is 5.56 Å². The minimum atomic E-state index is -0.684. The van der Waals surface area contributed by atoms with Gasteiger partial charge in [-0.2, -0.15) is 0 Å². The van der Waals surface area contributed by atoms with E-state index in [1.165, 1.54) is 18.2 Å². The maximum absolute atomic E-state index is 12.0. The fourth-order valence-electron chi connectivity index (χ4n) is 2.18. The molecule has 0 spiro atoms. The molecule has 0 aromatic heterocycles. The molecule has 0 aliphatic carbocycles. The number of nitro benzene ring substituents is 1. The van der Waals surface area contributed by atoms with Crippen LogP contribution < -0.4 is 5.32 Å². The number of benzene rings is 1. The Kier molecular flexibility index (Phi) is 4.74. The van der Waals surface area contributed by atoms with Crippen molar-refractivity contribution in [2.75, 3.05) is 19.6 Å². The normalized spacial score (nSPS) is 14.0. The van der Waals surface area contributed by atoms with E-state index in [0.29, 0.717) is 13.1 Å². The van der Waals surface area contributed by atoms with Crippen LogP contribution in [0.4, 0.5) is 5.69 Å². The standard InChI is InChI=1S/C13H14ClN3O4/c14-9-3-4-11(17(20)21)10(7-9)13(19)15-8-12(18)16-5-1-2-6-16/h3-4,7H,1-2,5-6,8H2,(H,15,19). The molecule has 1 aromatic rings. The van der Waals surface area contributed by atoms with Crippen molar-refractivity contribution in [3.05, 3.63) is 38.9 Å². The molecule has 0 saturated carbocycles. The third-order valence-corrected chi connectivity index (χ3v) is 3.49. The summed E-state index contributed by atoms with van der Waals surface area (Å²) in [7, 11) is 0. The summed E-state index contributed by atoms with van der Waals surface area (Å²) in [6.45, 7) is 1.19. The molecule has 1 saturated heterocycles. The van der Waals surface area contributed by atoms with E-state index in [1.54, 1.807) is 4.90 Å². The Morgan fingerprint density at radius 3 is 2.62 bits per heavy atom. The van der Waals surface area contributed by atoms with Crippen molar-refractivity contribution in [1.29, 1.82) is 0 Å². The zero-order chi connectivity index (χ0) is 15.4. The Hall–Kier alpha value is -2.15. The molecule has 0 atom stereocenters. The smallest absolute Gasteiger partial charge is 0.282 e. The fourth-order valence-corrected chi connectivity index (χ4v) is 2.35. The highest BCUT2D eigenvalue weighted by atomic mass is 35.5. The summed E-state index contributed by atoms with van der Waals surface area (Å²) in [4.78, 5) is 35.7. The Morgan fingerprint density at radius 1 is 1.33 bits per heavy atom. The van der Waals surface area contributed by atoms with Crippen molar-refractivity contribution in [3.8, 4) is 0 Å². The maximum Gasteiger partial charge on any atom is 0.282 e. The van der Waals surface area contributed by atoms with Crippen LogP contribution in [0.2, 0.25) is 5.02 Å². The van der Waals surface area contributed by atoms with Crippen LogP contribution >= 0.6 is 11.6 Å². The molecule has 21 heavy (non-hydrogen) atoms. The summed E-state index contributed by atoms with van der Waals surface area (Å²) in [5, 5.41) is 13.5. The van der Waals surface area contributed by atoms with E-state index in [0.717, 1.165) is 12.8 Å². The molecule has 1 aromatic carbocycles. The zero-order valence-corrected chi connectivity index (χ0v) is 11.9. The van der Waals surface area contributed by atoms with E-state index in [2.05, 4.69) is 5.32 Å². The molecule has 0 bridgehead atoms. The van der Waals surface area contributed by atoms with Crippen LogP contribution in [0.25, 0.3) is 0 Å². The van der Waals surface area contributed by atoms with Crippen LogP contribution in [0.15, 0.2) is 18.2 Å². The summed E-state index contributed by atoms with van der Waals surface area (Å²) >= 11 is 5.75. The van der Waals surface area contributed by atoms with Gasteiger partial charge in [-0.25, -0.2) is 0 Å². The zero-order valence-electron chi connectivity index (χ0n) is 11.2. The quantitative estimate of drug-likeness (QED) is 0.675. The second-order valence-electron chi connectivity index (χ2n) is 4.69. The Morgan fingerprint density at radius 2 is 2.00 bits per heavy atom. The van der Waals surface area contributed by atoms with Crippen LogP contribution in [0.1, 0.15) is 23.2 Å². The lowest BCUT2D eigenvalue weighted by Crippen LogP contribution is -2.38. The Bertz CT molecular complexity index is 585. The number of hydrogen-bond donors (Lipinski definition) is 1. The van der Waals surface area contributed by atoms with Gasteiger partial charge in [-0.05, 0) is 25.0 Å². The number of nitrogens with zero attached hydrogens (tertiary/aromatic N) is 2. The molecular weight excluding hydrogens is 298 g/mol. The summed E-state index contributed by atoms with van der Waals surface area (Å²) in [5.74, 6) is -0.873. The topological polar surface area (TPSA) is 92.6 Å². The lowest BCUT2D eigenvalue weighted by Gasteiger charge is -2.15. The van der Waals surface area contributed by atoms with Crippen LogP contribution in [-0.4, -0.2) is 41.3 Å². The number of nitro groups is 1. The van der Waals surface area contributed by atoms with Crippen molar-refractivity contribution < 1.29 is 14.5 Å². The molecular formula is C13H14ClN3O4. The second-order valence-corrected chi connectivity index (χ2v) is 5.13.